The van der Waals surface area contributed by atoms with Crippen molar-refractivity contribution in [3.63, 3.8) is 0 Å². The van der Waals surface area contributed by atoms with E-state index in [0.29, 0.717) is 24.8 Å². The fraction of sp³-hybridized carbons (Fsp3) is 0.667. The molecule has 0 spiro atoms. The van der Waals surface area contributed by atoms with Crippen LogP contribution in [0.3, 0.4) is 0 Å². The molecule has 128 valence electrons. The van der Waals surface area contributed by atoms with Crippen molar-refractivity contribution in [2.24, 2.45) is 0 Å². The SMILES string of the molecule is O=C(NC1CC1)[C@@H]1C[C@@H]2OCC[C@@H]2N1C(=O)c1occ2c1CCC2. The van der Waals surface area contributed by atoms with Gasteiger partial charge in [0.15, 0.2) is 5.76 Å². The van der Waals surface area contributed by atoms with Gasteiger partial charge in [0.1, 0.15) is 6.04 Å². The smallest absolute Gasteiger partial charge is 0.290 e. The maximum atomic E-state index is 13.2. The molecule has 2 saturated heterocycles. The van der Waals surface area contributed by atoms with Crippen LogP contribution in [0.25, 0.3) is 0 Å². The number of carbonyl (C=O) groups excluding carboxylic acids is 2. The third-order valence-corrected chi connectivity index (χ3v) is 5.83. The number of likely N-dealkylation sites (tertiary alicyclic amines) is 1. The summed E-state index contributed by atoms with van der Waals surface area (Å²) in [5.74, 6) is 0.276. The molecule has 1 N–H and O–H groups in total. The summed E-state index contributed by atoms with van der Waals surface area (Å²) < 4.78 is 11.4. The van der Waals surface area contributed by atoms with E-state index in [-0.39, 0.29) is 24.0 Å². The number of furan rings is 1. The number of rotatable bonds is 3. The molecule has 0 bridgehead atoms. The molecule has 0 radical (unpaired) electrons. The Morgan fingerprint density at radius 2 is 2.08 bits per heavy atom. The second-order valence-electron chi connectivity index (χ2n) is 7.43. The summed E-state index contributed by atoms with van der Waals surface area (Å²) in [5, 5.41) is 3.05. The van der Waals surface area contributed by atoms with E-state index in [2.05, 4.69) is 5.32 Å². The fourth-order valence-electron chi connectivity index (χ4n) is 4.45. The molecule has 5 rings (SSSR count). The van der Waals surface area contributed by atoms with E-state index in [9.17, 15) is 9.59 Å². The Bertz CT molecular complexity index is 693. The van der Waals surface area contributed by atoms with Gasteiger partial charge in [-0.1, -0.05) is 0 Å². The van der Waals surface area contributed by atoms with Crippen LogP contribution in [-0.2, 0) is 22.4 Å². The number of amides is 2. The van der Waals surface area contributed by atoms with Crippen molar-refractivity contribution in [1.82, 2.24) is 10.2 Å². The van der Waals surface area contributed by atoms with Crippen molar-refractivity contribution in [2.45, 2.75) is 69.2 Å². The predicted octanol–water partition coefficient (Wildman–Crippen LogP) is 1.42. The number of hydrogen-bond donors (Lipinski definition) is 1. The van der Waals surface area contributed by atoms with Crippen molar-refractivity contribution in [1.29, 1.82) is 0 Å². The van der Waals surface area contributed by atoms with E-state index in [1.54, 1.807) is 11.2 Å². The van der Waals surface area contributed by atoms with E-state index < -0.39 is 6.04 Å². The number of hydrogen-bond acceptors (Lipinski definition) is 4. The van der Waals surface area contributed by atoms with E-state index in [1.807, 2.05) is 0 Å². The Kier molecular flexibility index (Phi) is 3.23. The lowest BCUT2D eigenvalue weighted by Crippen LogP contribution is -2.49. The highest BCUT2D eigenvalue weighted by Gasteiger charge is 2.51. The Morgan fingerprint density at radius 3 is 2.92 bits per heavy atom. The van der Waals surface area contributed by atoms with E-state index >= 15 is 0 Å². The minimum absolute atomic E-state index is 0.00499. The standard InChI is InChI=1S/C18H22N2O4/c21-17(19-11-4-5-11)14-8-15-13(6-7-23-15)20(14)18(22)16-12-3-1-2-10(12)9-24-16/h9,11,13-15H,1-8H2,(H,19,21)/t13-,14-,15-/m0/s1. The van der Waals surface area contributed by atoms with Crippen LogP contribution >= 0.6 is 0 Å². The predicted molar refractivity (Wildman–Crippen MR) is 84.6 cm³/mol. The Labute approximate surface area is 140 Å². The quantitative estimate of drug-likeness (QED) is 0.910. The molecule has 6 nitrogen and oxygen atoms in total. The number of nitrogens with zero attached hydrogens (tertiary/aromatic N) is 1. The van der Waals surface area contributed by atoms with Gasteiger partial charge in [0.2, 0.25) is 5.91 Å². The summed E-state index contributed by atoms with van der Waals surface area (Å²) in [6.45, 7) is 0.659. The molecule has 3 heterocycles. The van der Waals surface area contributed by atoms with Crippen LogP contribution in [0.1, 0.15) is 53.8 Å². The molecule has 1 aromatic heterocycles. The monoisotopic (exact) mass is 330 g/mol. The van der Waals surface area contributed by atoms with Gasteiger partial charge in [0.25, 0.3) is 5.91 Å². The fourth-order valence-corrected chi connectivity index (χ4v) is 4.45. The Morgan fingerprint density at radius 1 is 1.21 bits per heavy atom. The van der Waals surface area contributed by atoms with Crippen LogP contribution < -0.4 is 5.32 Å². The largest absolute Gasteiger partial charge is 0.459 e. The summed E-state index contributed by atoms with van der Waals surface area (Å²) in [7, 11) is 0. The summed E-state index contributed by atoms with van der Waals surface area (Å²) in [4.78, 5) is 27.6. The van der Waals surface area contributed by atoms with Crippen molar-refractivity contribution in [2.75, 3.05) is 6.61 Å². The first kappa shape index (κ1) is 14.5. The zero-order valence-corrected chi connectivity index (χ0v) is 13.6. The van der Waals surface area contributed by atoms with Crippen LogP contribution in [0.2, 0.25) is 0 Å². The molecule has 6 heteroatoms. The zero-order chi connectivity index (χ0) is 16.3. The van der Waals surface area contributed by atoms with Crippen LogP contribution in [0.4, 0.5) is 0 Å². The minimum Gasteiger partial charge on any atom is -0.459 e. The van der Waals surface area contributed by atoms with Gasteiger partial charge in [-0.25, -0.2) is 0 Å². The number of fused-ring (bicyclic) bond motifs is 2. The number of carbonyl (C=O) groups is 2. The lowest BCUT2D eigenvalue weighted by Gasteiger charge is -2.28. The second-order valence-corrected chi connectivity index (χ2v) is 7.43. The van der Waals surface area contributed by atoms with Crippen LogP contribution in [0, 0.1) is 0 Å². The maximum Gasteiger partial charge on any atom is 0.290 e. The highest BCUT2D eigenvalue weighted by atomic mass is 16.5. The summed E-state index contributed by atoms with van der Waals surface area (Å²) in [5.41, 5.74) is 2.19. The molecule has 2 aliphatic carbocycles. The van der Waals surface area contributed by atoms with Gasteiger partial charge in [-0.15, -0.1) is 0 Å². The molecule has 0 aromatic carbocycles. The first-order valence-electron chi connectivity index (χ1n) is 9.06. The van der Waals surface area contributed by atoms with Crippen LogP contribution in [-0.4, -0.2) is 47.6 Å². The van der Waals surface area contributed by atoms with Gasteiger partial charge in [0.05, 0.1) is 18.4 Å². The molecule has 24 heavy (non-hydrogen) atoms. The van der Waals surface area contributed by atoms with Crippen molar-refractivity contribution in [3.8, 4) is 0 Å². The molecule has 2 aliphatic heterocycles. The molecule has 1 saturated carbocycles. The zero-order valence-electron chi connectivity index (χ0n) is 13.6. The summed E-state index contributed by atoms with van der Waals surface area (Å²) in [6, 6.07) is -0.145. The molecule has 3 fully saturated rings. The summed E-state index contributed by atoms with van der Waals surface area (Å²) >= 11 is 0. The molecule has 0 unspecified atom stereocenters. The first-order chi connectivity index (χ1) is 11.7. The van der Waals surface area contributed by atoms with Gasteiger partial charge in [0, 0.05) is 24.6 Å². The van der Waals surface area contributed by atoms with E-state index in [4.69, 9.17) is 9.15 Å². The second kappa shape index (κ2) is 5.34. The number of ether oxygens (including phenoxy) is 1. The van der Waals surface area contributed by atoms with E-state index in [1.165, 1.54) is 0 Å². The van der Waals surface area contributed by atoms with Crippen molar-refractivity contribution >= 4 is 11.8 Å². The van der Waals surface area contributed by atoms with Crippen LogP contribution in [0.15, 0.2) is 10.7 Å². The van der Waals surface area contributed by atoms with Crippen LogP contribution in [0.5, 0.6) is 0 Å². The van der Waals surface area contributed by atoms with Gasteiger partial charge in [-0.2, -0.15) is 0 Å². The molecule has 3 atom stereocenters. The Balaban J connectivity index is 1.45. The average Bonchev–Trinajstić information content (AvgIpc) is 2.99. The molecule has 4 aliphatic rings. The van der Waals surface area contributed by atoms with Crippen molar-refractivity contribution in [3.05, 3.63) is 23.2 Å². The molecular weight excluding hydrogens is 308 g/mol. The highest BCUT2D eigenvalue weighted by molar-refractivity contribution is 5.98. The highest BCUT2D eigenvalue weighted by Crippen LogP contribution is 2.37. The van der Waals surface area contributed by atoms with Gasteiger partial charge in [-0.05, 0) is 44.1 Å². The topological polar surface area (TPSA) is 71.8 Å². The molecule has 1 aromatic rings. The molecular formula is C18H22N2O4. The van der Waals surface area contributed by atoms with Gasteiger partial charge >= 0.3 is 0 Å². The third kappa shape index (κ3) is 2.19. The van der Waals surface area contributed by atoms with Gasteiger partial charge in [-0.3, -0.25) is 9.59 Å². The number of aryl methyl sites for hydroxylation is 1. The average molecular weight is 330 g/mol. The van der Waals surface area contributed by atoms with E-state index in [0.717, 1.165) is 49.7 Å². The number of nitrogens with one attached hydrogen (secondary N) is 1. The lowest BCUT2D eigenvalue weighted by atomic mass is 10.1. The minimum atomic E-state index is -0.435. The summed E-state index contributed by atoms with van der Waals surface area (Å²) in [6.07, 6.45) is 8.12. The Hall–Kier alpha value is -1.82. The maximum absolute atomic E-state index is 13.2. The normalized spacial score (nSPS) is 31.2. The molecule has 2 amide bonds. The van der Waals surface area contributed by atoms with Gasteiger partial charge < -0.3 is 19.4 Å². The lowest BCUT2D eigenvalue weighted by molar-refractivity contribution is -0.125. The van der Waals surface area contributed by atoms with Crippen molar-refractivity contribution < 1.29 is 18.7 Å². The first-order valence-corrected chi connectivity index (χ1v) is 9.06. The third-order valence-electron chi connectivity index (χ3n) is 5.83.